The summed E-state index contributed by atoms with van der Waals surface area (Å²) >= 11 is 4.04. The fraction of sp³-hybridized carbons (Fsp3) is 0.222. The van der Waals surface area contributed by atoms with Gasteiger partial charge in [0.05, 0.1) is 11.9 Å². The first-order valence-electron chi connectivity index (χ1n) is 3.64. The van der Waals surface area contributed by atoms with Crippen LogP contribution in [0.3, 0.4) is 0 Å². The summed E-state index contributed by atoms with van der Waals surface area (Å²) in [6.45, 7) is 0. The third kappa shape index (κ3) is 2.85. The fourth-order valence-corrected chi connectivity index (χ4v) is 0.800. The predicted molar refractivity (Wildman–Crippen MR) is 54.0 cm³/mol. The van der Waals surface area contributed by atoms with Crippen molar-refractivity contribution in [1.29, 1.82) is 0 Å². The number of hydrogen-bond donors (Lipinski definition) is 2. The Morgan fingerprint density at radius 3 is 2.92 bits per heavy atom. The van der Waals surface area contributed by atoms with Gasteiger partial charge in [-0.1, -0.05) is 5.92 Å². The number of nitrogen functional groups attached to an aromatic ring is 1. The topological polar surface area (TPSA) is 38.9 Å². The van der Waals surface area contributed by atoms with Crippen LogP contribution in [-0.2, 0) is 0 Å². The molecule has 2 nitrogen and oxygen atoms in total. The Kier molecular flexibility index (Phi) is 3.49. The molecule has 0 radical (unpaired) electrons. The Bertz CT molecular complexity index is 295. The second-order valence-electron chi connectivity index (χ2n) is 2.25. The van der Waals surface area contributed by atoms with E-state index < -0.39 is 0 Å². The van der Waals surface area contributed by atoms with E-state index in [9.17, 15) is 0 Å². The van der Waals surface area contributed by atoms with Crippen LogP contribution in [0.15, 0.2) is 18.3 Å². The number of thiol groups is 1. The number of hydrogen-bond acceptors (Lipinski definition) is 3. The largest absolute Gasteiger partial charge is 0.397 e. The van der Waals surface area contributed by atoms with E-state index in [1.54, 1.807) is 18.3 Å². The number of nitrogens with zero attached hydrogens (tertiary/aromatic N) is 1. The van der Waals surface area contributed by atoms with E-state index in [1.165, 1.54) is 0 Å². The van der Waals surface area contributed by atoms with Crippen molar-refractivity contribution in [2.24, 2.45) is 0 Å². The predicted octanol–water partition coefficient (Wildman–Crippen LogP) is 1.34. The molecule has 0 saturated heterocycles. The molecule has 0 unspecified atom stereocenters. The number of anilines is 1. The number of pyridine rings is 1. The molecule has 0 saturated carbocycles. The van der Waals surface area contributed by atoms with Gasteiger partial charge in [0, 0.05) is 12.2 Å². The van der Waals surface area contributed by atoms with E-state index in [0.717, 1.165) is 17.9 Å². The highest BCUT2D eigenvalue weighted by molar-refractivity contribution is 7.80. The summed E-state index contributed by atoms with van der Waals surface area (Å²) in [6.07, 6.45) is 2.39. The summed E-state index contributed by atoms with van der Waals surface area (Å²) < 4.78 is 0. The molecule has 0 aliphatic heterocycles. The van der Waals surface area contributed by atoms with Gasteiger partial charge in [-0.3, -0.25) is 0 Å². The van der Waals surface area contributed by atoms with Gasteiger partial charge in [0.1, 0.15) is 5.69 Å². The van der Waals surface area contributed by atoms with Gasteiger partial charge in [0.2, 0.25) is 0 Å². The molecular formula is C9H10N2S. The lowest BCUT2D eigenvalue weighted by atomic mass is 10.3. The van der Waals surface area contributed by atoms with Gasteiger partial charge < -0.3 is 5.73 Å². The monoisotopic (exact) mass is 178 g/mol. The van der Waals surface area contributed by atoms with Crippen LogP contribution in [-0.4, -0.2) is 10.7 Å². The average molecular weight is 178 g/mol. The highest BCUT2D eigenvalue weighted by atomic mass is 32.1. The first-order valence-corrected chi connectivity index (χ1v) is 4.27. The summed E-state index contributed by atoms with van der Waals surface area (Å²) in [4.78, 5) is 4.03. The molecule has 0 aliphatic carbocycles. The van der Waals surface area contributed by atoms with Gasteiger partial charge in [-0.05, 0) is 18.1 Å². The van der Waals surface area contributed by atoms with Gasteiger partial charge in [-0.2, -0.15) is 12.6 Å². The van der Waals surface area contributed by atoms with Crippen molar-refractivity contribution >= 4 is 18.3 Å². The van der Waals surface area contributed by atoms with E-state index in [0.29, 0.717) is 5.69 Å². The Hall–Kier alpha value is -1.14. The van der Waals surface area contributed by atoms with Gasteiger partial charge in [0.25, 0.3) is 0 Å². The first-order chi connectivity index (χ1) is 5.83. The summed E-state index contributed by atoms with van der Waals surface area (Å²) in [5.41, 5.74) is 6.88. The van der Waals surface area contributed by atoms with Crippen LogP contribution < -0.4 is 5.73 Å². The Morgan fingerprint density at radius 2 is 2.33 bits per heavy atom. The Balaban J connectivity index is 2.66. The minimum Gasteiger partial charge on any atom is -0.397 e. The molecule has 1 aromatic heterocycles. The van der Waals surface area contributed by atoms with E-state index in [2.05, 4.69) is 29.5 Å². The summed E-state index contributed by atoms with van der Waals surface area (Å²) in [6, 6.07) is 3.60. The minimum atomic E-state index is 0.662. The lowest BCUT2D eigenvalue weighted by molar-refractivity contribution is 1.27. The number of nitrogens with two attached hydrogens (primary N) is 1. The number of aromatic nitrogens is 1. The van der Waals surface area contributed by atoms with Crippen molar-refractivity contribution < 1.29 is 0 Å². The van der Waals surface area contributed by atoms with Gasteiger partial charge in [-0.25, -0.2) is 4.98 Å². The lowest BCUT2D eigenvalue weighted by Crippen LogP contribution is -1.87. The van der Waals surface area contributed by atoms with Crippen LogP contribution in [0.4, 0.5) is 5.69 Å². The molecule has 0 aliphatic rings. The number of rotatable bonds is 1. The molecule has 12 heavy (non-hydrogen) atoms. The van der Waals surface area contributed by atoms with E-state index in [-0.39, 0.29) is 0 Å². The van der Waals surface area contributed by atoms with Crippen molar-refractivity contribution in [3.05, 3.63) is 24.0 Å². The van der Waals surface area contributed by atoms with Crippen molar-refractivity contribution in [3.8, 4) is 11.8 Å². The zero-order chi connectivity index (χ0) is 8.81. The van der Waals surface area contributed by atoms with Crippen LogP contribution in [0.1, 0.15) is 12.1 Å². The molecule has 1 heterocycles. The molecule has 3 heteroatoms. The van der Waals surface area contributed by atoms with Crippen molar-refractivity contribution in [2.75, 3.05) is 11.5 Å². The standard InChI is InChI=1S/C9H10N2S/c10-8-4-5-9(11-7-8)3-1-2-6-12/h4-5,7,12H,2,6,10H2. The van der Waals surface area contributed by atoms with Crippen molar-refractivity contribution in [1.82, 2.24) is 4.98 Å². The van der Waals surface area contributed by atoms with Gasteiger partial charge in [0.15, 0.2) is 0 Å². The molecule has 1 rings (SSSR count). The molecule has 0 amide bonds. The molecule has 0 fully saturated rings. The third-order valence-corrected chi connectivity index (χ3v) is 1.46. The van der Waals surface area contributed by atoms with Crippen LogP contribution in [0.5, 0.6) is 0 Å². The average Bonchev–Trinajstić information content (AvgIpc) is 2.09. The molecule has 1 aromatic rings. The molecule has 0 atom stereocenters. The lowest BCUT2D eigenvalue weighted by Gasteiger charge is -1.90. The normalized spacial score (nSPS) is 8.75. The van der Waals surface area contributed by atoms with Crippen LogP contribution in [0.2, 0.25) is 0 Å². The Labute approximate surface area is 77.6 Å². The SMILES string of the molecule is Nc1ccc(C#CCCS)nc1. The van der Waals surface area contributed by atoms with Crippen LogP contribution in [0, 0.1) is 11.8 Å². The summed E-state index contributed by atoms with van der Waals surface area (Å²) in [7, 11) is 0. The smallest absolute Gasteiger partial charge is 0.113 e. The molecule has 0 aromatic carbocycles. The van der Waals surface area contributed by atoms with Crippen molar-refractivity contribution in [3.63, 3.8) is 0 Å². The molecule has 0 spiro atoms. The Morgan fingerprint density at radius 1 is 1.50 bits per heavy atom. The first kappa shape index (κ1) is 8.95. The molecular weight excluding hydrogens is 168 g/mol. The second-order valence-corrected chi connectivity index (χ2v) is 2.70. The summed E-state index contributed by atoms with van der Waals surface area (Å²) in [5.74, 6) is 6.63. The van der Waals surface area contributed by atoms with Crippen LogP contribution in [0.25, 0.3) is 0 Å². The fourth-order valence-electron chi connectivity index (χ4n) is 0.688. The zero-order valence-electron chi connectivity index (χ0n) is 6.62. The highest BCUT2D eigenvalue weighted by Gasteiger charge is 1.86. The maximum absolute atomic E-state index is 5.46. The molecule has 0 bridgehead atoms. The van der Waals surface area contributed by atoms with E-state index in [4.69, 9.17) is 5.73 Å². The quantitative estimate of drug-likeness (QED) is 0.503. The van der Waals surface area contributed by atoms with Crippen LogP contribution >= 0.6 is 12.6 Å². The third-order valence-electron chi connectivity index (χ3n) is 1.24. The zero-order valence-corrected chi connectivity index (χ0v) is 7.51. The molecule has 62 valence electrons. The summed E-state index contributed by atoms with van der Waals surface area (Å²) in [5, 5.41) is 0. The van der Waals surface area contributed by atoms with Crippen molar-refractivity contribution in [2.45, 2.75) is 6.42 Å². The maximum atomic E-state index is 5.46. The second kappa shape index (κ2) is 4.68. The maximum Gasteiger partial charge on any atom is 0.113 e. The highest BCUT2D eigenvalue weighted by Crippen LogP contribution is 1.99. The van der Waals surface area contributed by atoms with Gasteiger partial charge >= 0.3 is 0 Å². The van der Waals surface area contributed by atoms with Gasteiger partial charge in [-0.15, -0.1) is 0 Å². The van der Waals surface area contributed by atoms with E-state index in [1.807, 2.05) is 0 Å². The van der Waals surface area contributed by atoms with E-state index >= 15 is 0 Å². The molecule has 2 N–H and O–H groups in total. The minimum absolute atomic E-state index is 0.662.